The van der Waals surface area contributed by atoms with Gasteiger partial charge in [-0.3, -0.25) is 14.4 Å². The molecule has 0 bridgehead atoms. The van der Waals surface area contributed by atoms with E-state index in [1.165, 1.54) is 12.1 Å². The first-order chi connectivity index (χ1) is 13.4. The lowest BCUT2D eigenvalue weighted by Gasteiger charge is -2.26. The van der Waals surface area contributed by atoms with Crippen molar-refractivity contribution in [2.75, 3.05) is 19.4 Å². The van der Waals surface area contributed by atoms with Crippen LogP contribution in [0.5, 0.6) is 0 Å². The third-order valence-corrected chi connectivity index (χ3v) is 5.71. The van der Waals surface area contributed by atoms with E-state index < -0.39 is 38.8 Å². The lowest BCUT2D eigenvalue weighted by Crippen LogP contribution is -2.39. The van der Waals surface area contributed by atoms with Gasteiger partial charge in [-0.1, -0.05) is 26.0 Å². The van der Waals surface area contributed by atoms with Gasteiger partial charge < -0.3 is 15.5 Å². The Morgan fingerprint density at radius 1 is 1.10 bits per heavy atom. The summed E-state index contributed by atoms with van der Waals surface area (Å²) in [4.78, 5) is 35.8. The molecule has 0 aliphatic rings. The van der Waals surface area contributed by atoms with Gasteiger partial charge >= 0.3 is 0 Å². The number of nitrogens with one attached hydrogen (secondary N) is 1. The van der Waals surface area contributed by atoms with Crippen molar-refractivity contribution in [1.82, 2.24) is 5.32 Å². The SMILES string of the molecule is CC(C)(CO)[C@@H](O)C(=O)CCCC(=O)C(=O)NCCc1ccc(S(C)(=O)=O)cc1. The van der Waals surface area contributed by atoms with Gasteiger partial charge in [0.05, 0.1) is 11.5 Å². The molecular formula is C20H29NO7S. The molecule has 0 radical (unpaired) electrons. The summed E-state index contributed by atoms with van der Waals surface area (Å²) in [5, 5.41) is 21.6. The van der Waals surface area contributed by atoms with Crippen LogP contribution in [0.15, 0.2) is 29.2 Å². The fourth-order valence-electron chi connectivity index (χ4n) is 2.52. The molecule has 0 saturated heterocycles. The van der Waals surface area contributed by atoms with Crippen molar-refractivity contribution < 1.29 is 33.0 Å². The van der Waals surface area contributed by atoms with Gasteiger partial charge in [0.15, 0.2) is 15.6 Å². The quantitative estimate of drug-likeness (QED) is 0.411. The Morgan fingerprint density at radius 2 is 1.69 bits per heavy atom. The van der Waals surface area contributed by atoms with E-state index in [0.717, 1.165) is 11.8 Å². The number of carbonyl (C=O) groups excluding carboxylic acids is 3. The van der Waals surface area contributed by atoms with E-state index in [2.05, 4.69) is 5.32 Å². The molecule has 1 amide bonds. The molecular weight excluding hydrogens is 398 g/mol. The molecule has 0 aromatic heterocycles. The summed E-state index contributed by atoms with van der Waals surface area (Å²) in [7, 11) is -3.26. The third kappa shape index (κ3) is 8.04. The van der Waals surface area contributed by atoms with Crippen molar-refractivity contribution in [3.63, 3.8) is 0 Å². The maximum Gasteiger partial charge on any atom is 0.287 e. The number of benzene rings is 1. The molecule has 0 spiro atoms. The van der Waals surface area contributed by atoms with Crippen LogP contribution in [-0.4, -0.2) is 61.6 Å². The molecule has 1 atom stereocenters. The largest absolute Gasteiger partial charge is 0.396 e. The van der Waals surface area contributed by atoms with Crippen LogP contribution in [0.4, 0.5) is 0 Å². The number of hydrogen-bond acceptors (Lipinski definition) is 7. The summed E-state index contributed by atoms with van der Waals surface area (Å²) in [5.74, 6) is -1.88. The van der Waals surface area contributed by atoms with Gasteiger partial charge in [0.2, 0.25) is 5.78 Å². The smallest absolute Gasteiger partial charge is 0.287 e. The van der Waals surface area contributed by atoms with E-state index in [0.29, 0.717) is 6.42 Å². The van der Waals surface area contributed by atoms with Crippen LogP contribution in [-0.2, 0) is 30.6 Å². The van der Waals surface area contributed by atoms with Crippen molar-refractivity contribution in [2.24, 2.45) is 5.41 Å². The molecule has 3 N–H and O–H groups in total. The molecule has 0 unspecified atom stereocenters. The van der Waals surface area contributed by atoms with Crippen molar-refractivity contribution >= 4 is 27.3 Å². The highest BCUT2D eigenvalue weighted by atomic mass is 32.2. The first-order valence-corrected chi connectivity index (χ1v) is 11.2. The van der Waals surface area contributed by atoms with Crippen LogP contribution < -0.4 is 5.32 Å². The first kappa shape index (κ1) is 24.9. The predicted molar refractivity (Wildman–Crippen MR) is 107 cm³/mol. The Bertz CT molecular complexity index is 829. The number of hydrogen-bond donors (Lipinski definition) is 3. The van der Waals surface area contributed by atoms with Crippen LogP contribution in [0.25, 0.3) is 0 Å². The van der Waals surface area contributed by atoms with Gasteiger partial charge in [0, 0.05) is 31.1 Å². The molecule has 0 aliphatic heterocycles. The minimum Gasteiger partial charge on any atom is -0.396 e. The number of rotatable bonds is 12. The second kappa shape index (κ2) is 10.6. The van der Waals surface area contributed by atoms with E-state index in [-0.39, 0.29) is 37.3 Å². The van der Waals surface area contributed by atoms with Crippen molar-refractivity contribution in [1.29, 1.82) is 0 Å². The second-order valence-electron chi connectivity index (χ2n) is 7.71. The zero-order valence-electron chi connectivity index (χ0n) is 17.0. The van der Waals surface area contributed by atoms with Crippen LogP contribution in [0, 0.1) is 5.41 Å². The summed E-state index contributed by atoms with van der Waals surface area (Å²) >= 11 is 0. The highest BCUT2D eigenvalue weighted by molar-refractivity contribution is 7.90. The monoisotopic (exact) mass is 427 g/mol. The molecule has 29 heavy (non-hydrogen) atoms. The molecule has 0 heterocycles. The maximum absolute atomic E-state index is 11.9. The number of aliphatic hydroxyl groups excluding tert-OH is 2. The van der Waals surface area contributed by atoms with Crippen LogP contribution >= 0.6 is 0 Å². The minimum atomic E-state index is -3.26. The maximum atomic E-state index is 11.9. The number of aliphatic hydroxyl groups is 2. The summed E-state index contributed by atoms with van der Waals surface area (Å²) in [6.07, 6.45) is 0.185. The van der Waals surface area contributed by atoms with E-state index >= 15 is 0 Å². The average molecular weight is 428 g/mol. The van der Waals surface area contributed by atoms with Gasteiger partial charge in [0.1, 0.15) is 6.10 Å². The molecule has 9 heteroatoms. The second-order valence-corrected chi connectivity index (χ2v) is 9.73. The van der Waals surface area contributed by atoms with Gasteiger partial charge in [-0.05, 0) is 30.5 Å². The van der Waals surface area contributed by atoms with Crippen LogP contribution in [0.3, 0.4) is 0 Å². The van der Waals surface area contributed by atoms with Crippen LogP contribution in [0.1, 0.15) is 38.7 Å². The standard InChI is InChI=1S/C20H29NO7S/c1-20(2,13-22)18(25)16(23)5-4-6-17(24)19(26)21-12-11-14-7-9-15(10-8-14)29(3,27)28/h7-10,18,22,25H,4-6,11-13H2,1-3H3,(H,21,26)/t18-/m0/s1. The van der Waals surface area contributed by atoms with Crippen molar-refractivity contribution in [3.8, 4) is 0 Å². The zero-order chi connectivity index (χ0) is 22.2. The number of amides is 1. The average Bonchev–Trinajstić information content (AvgIpc) is 2.66. The van der Waals surface area contributed by atoms with Crippen molar-refractivity contribution in [3.05, 3.63) is 29.8 Å². The lowest BCUT2D eigenvalue weighted by atomic mass is 9.84. The van der Waals surface area contributed by atoms with E-state index in [1.54, 1.807) is 26.0 Å². The molecule has 1 aromatic carbocycles. The Labute approximate surface area is 171 Å². The molecule has 0 fully saturated rings. The van der Waals surface area contributed by atoms with Crippen molar-refractivity contribution in [2.45, 2.75) is 50.5 Å². The summed E-state index contributed by atoms with van der Waals surface area (Å²) in [6.45, 7) is 2.98. The van der Waals surface area contributed by atoms with Gasteiger partial charge in [-0.2, -0.15) is 0 Å². The number of ketones is 2. The van der Waals surface area contributed by atoms with Gasteiger partial charge in [-0.25, -0.2) is 8.42 Å². The lowest BCUT2D eigenvalue weighted by molar-refractivity contribution is -0.138. The normalized spacial score (nSPS) is 13.0. The fourth-order valence-corrected chi connectivity index (χ4v) is 3.15. The zero-order valence-corrected chi connectivity index (χ0v) is 17.8. The third-order valence-electron chi connectivity index (χ3n) is 4.58. The number of carbonyl (C=O) groups is 3. The van der Waals surface area contributed by atoms with Gasteiger partial charge in [0.25, 0.3) is 5.91 Å². The molecule has 8 nitrogen and oxygen atoms in total. The van der Waals surface area contributed by atoms with Crippen LogP contribution in [0.2, 0.25) is 0 Å². The van der Waals surface area contributed by atoms with E-state index in [9.17, 15) is 27.9 Å². The molecule has 1 rings (SSSR count). The first-order valence-electron chi connectivity index (χ1n) is 9.30. The molecule has 0 aliphatic carbocycles. The highest BCUT2D eigenvalue weighted by Gasteiger charge is 2.32. The number of Topliss-reactive ketones (excluding diaryl/α,β-unsaturated/α-hetero) is 2. The predicted octanol–water partition coefficient (Wildman–Crippen LogP) is 0.437. The topological polar surface area (TPSA) is 138 Å². The minimum absolute atomic E-state index is 0.0592. The molecule has 0 saturated carbocycles. The molecule has 1 aromatic rings. The van der Waals surface area contributed by atoms with E-state index in [4.69, 9.17) is 5.11 Å². The Kier molecular flexibility index (Phi) is 9.13. The summed E-state index contributed by atoms with van der Waals surface area (Å²) < 4.78 is 22.8. The Hall–Kier alpha value is -2.10. The van der Waals surface area contributed by atoms with E-state index in [1.807, 2.05) is 0 Å². The summed E-state index contributed by atoms with van der Waals surface area (Å²) in [5.41, 5.74) is -0.144. The van der Waals surface area contributed by atoms with Gasteiger partial charge in [-0.15, -0.1) is 0 Å². The summed E-state index contributed by atoms with van der Waals surface area (Å²) in [6, 6.07) is 6.27. The number of sulfone groups is 1. The Balaban J connectivity index is 2.36. The Morgan fingerprint density at radius 3 is 2.21 bits per heavy atom. The fraction of sp³-hybridized carbons (Fsp3) is 0.550. The highest BCUT2D eigenvalue weighted by Crippen LogP contribution is 2.21. The molecule has 162 valence electrons.